The number of hydrogen-bond acceptors (Lipinski definition) is 3. The Bertz CT molecular complexity index is 397. The van der Waals surface area contributed by atoms with Gasteiger partial charge in [-0.3, -0.25) is 0 Å². The molecule has 0 spiro atoms. The van der Waals surface area contributed by atoms with Gasteiger partial charge in [0.1, 0.15) is 0 Å². The molecule has 0 radical (unpaired) electrons. The van der Waals surface area contributed by atoms with Crippen LogP contribution in [0.1, 0.15) is 0 Å². The highest BCUT2D eigenvalue weighted by Crippen LogP contribution is 2.08. The van der Waals surface area contributed by atoms with Crippen LogP contribution in [0.2, 0.25) is 0 Å². The molecule has 4 heteroatoms. The molecule has 0 fully saturated rings. The summed E-state index contributed by atoms with van der Waals surface area (Å²) in [4.78, 5) is 21.8. The van der Waals surface area contributed by atoms with Gasteiger partial charge in [-0.15, -0.1) is 0 Å². The molecule has 0 aromatic heterocycles. The van der Waals surface area contributed by atoms with Gasteiger partial charge in [-0.2, -0.15) is 0 Å². The van der Waals surface area contributed by atoms with Crippen molar-refractivity contribution < 1.29 is 19.4 Å². The standard InChI is InChI=1S/C11H10O4/c1-15-11(14)9-5-3-2-4-8(6-7-9)10(12)13/h2-7H,1H3,(H,12,13). The second kappa shape index (κ2) is 4.95. The molecule has 4 nitrogen and oxygen atoms in total. The number of carbonyl (C=O) groups is 2. The molecule has 0 unspecified atom stereocenters. The minimum atomic E-state index is -1.04. The van der Waals surface area contributed by atoms with Crippen LogP contribution in [-0.4, -0.2) is 24.2 Å². The van der Waals surface area contributed by atoms with Crippen LogP contribution in [0.4, 0.5) is 0 Å². The zero-order valence-corrected chi connectivity index (χ0v) is 8.14. The van der Waals surface area contributed by atoms with Gasteiger partial charge in [-0.05, 0) is 24.3 Å². The second-order valence-corrected chi connectivity index (χ2v) is 2.76. The van der Waals surface area contributed by atoms with Crippen molar-refractivity contribution in [3.8, 4) is 0 Å². The van der Waals surface area contributed by atoms with Crippen LogP contribution in [0.15, 0.2) is 47.6 Å². The molecule has 0 saturated heterocycles. The van der Waals surface area contributed by atoms with Crippen LogP contribution in [0, 0.1) is 0 Å². The molecule has 0 atom stereocenters. The van der Waals surface area contributed by atoms with Gasteiger partial charge >= 0.3 is 11.9 Å². The molecule has 0 aromatic rings. The van der Waals surface area contributed by atoms with Crippen molar-refractivity contribution in [1.29, 1.82) is 0 Å². The third kappa shape index (κ3) is 2.95. The highest BCUT2D eigenvalue weighted by Gasteiger charge is 2.08. The van der Waals surface area contributed by atoms with Crippen LogP contribution < -0.4 is 0 Å². The molecule has 0 amide bonds. The van der Waals surface area contributed by atoms with Gasteiger partial charge < -0.3 is 9.84 Å². The second-order valence-electron chi connectivity index (χ2n) is 2.76. The van der Waals surface area contributed by atoms with Gasteiger partial charge in [0.05, 0.1) is 18.3 Å². The van der Waals surface area contributed by atoms with E-state index in [0.717, 1.165) is 0 Å². The summed E-state index contributed by atoms with van der Waals surface area (Å²) in [5, 5.41) is 8.75. The summed E-state index contributed by atoms with van der Waals surface area (Å²) in [6.45, 7) is 0. The number of carbonyl (C=O) groups excluding carboxylic acids is 1. The molecular formula is C11H10O4. The Kier molecular flexibility index (Phi) is 3.62. The quantitative estimate of drug-likeness (QED) is 0.690. The van der Waals surface area contributed by atoms with Crippen LogP contribution >= 0.6 is 0 Å². The number of carboxylic acids is 1. The summed E-state index contributed by atoms with van der Waals surface area (Å²) in [6, 6.07) is 0. The summed E-state index contributed by atoms with van der Waals surface area (Å²) in [5.74, 6) is -1.54. The fourth-order valence-electron chi connectivity index (χ4n) is 1.01. The molecule has 0 aliphatic heterocycles. The maximum Gasteiger partial charge on any atom is 0.337 e. The maximum absolute atomic E-state index is 11.2. The minimum absolute atomic E-state index is 0.112. The van der Waals surface area contributed by atoms with Gasteiger partial charge in [-0.25, -0.2) is 9.59 Å². The van der Waals surface area contributed by atoms with Crippen molar-refractivity contribution in [3.05, 3.63) is 47.6 Å². The topological polar surface area (TPSA) is 63.6 Å². The third-order valence-electron chi connectivity index (χ3n) is 1.77. The van der Waals surface area contributed by atoms with E-state index >= 15 is 0 Å². The number of methoxy groups -OCH3 is 1. The normalized spacial score (nSPS) is 14.7. The smallest absolute Gasteiger partial charge is 0.337 e. The molecule has 1 rings (SSSR count). The summed E-state index contributed by atoms with van der Waals surface area (Å²) < 4.78 is 4.52. The average molecular weight is 206 g/mol. The largest absolute Gasteiger partial charge is 0.478 e. The molecule has 1 aliphatic carbocycles. The van der Waals surface area contributed by atoms with E-state index in [2.05, 4.69) is 4.74 Å². The summed E-state index contributed by atoms with van der Waals surface area (Å²) in [6.07, 6.45) is 8.90. The van der Waals surface area contributed by atoms with E-state index in [-0.39, 0.29) is 5.57 Å². The first kappa shape index (κ1) is 11.0. The predicted molar refractivity (Wildman–Crippen MR) is 54.1 cm³/mol. The zero-order chi connectivity index (χ0) is 11.3. The first-order chi connectivity index (χ1) is 7.15. The van der Waals surface area contributed by atoms with Gasteiger partial charge in [0.2, 0.25) is 0 Å². The number of aliphatic carboxylic acids is 1. The van der Waals surface area contributed by atoms with Gasteiger partial charge in [-0.1, -0.05) is 12.2 Å². The van der Waals surface area contributed by atoms with Gasteiger partial charge in [0, 0.05) is 0 Å². The van der Waals surface area contributed by atoms with E-state index in [1.165, 1.54) is 25.3 Å². The van der Waals surface area contributed by atoms with E-state index in [4.69, 9.17) is 5.11 Å². The molecule has 0 heterocycles. The van der Waals surface area contributed by atoms with Crippen LogP contribution in [0.25, 0.3) is 0 Å². The molecule has 0 bridgehead atoms. The molecule has 0 saturated carbocycles. The number of ether oxygens (including phenoxy) is 1. The fourth-order valence-corrected chi connectivity index (χ4v) is 1.01. The number of allylic oxidation sites excluding steroid dienone is 4. The maximum atomic E-state index is 11.2. The highest BCUT2D eigenvalue weighted by molar-refractivity contribution is 5.94. The minimum Gasteiger partial charge on any atom is -0.478 e. The van der Waals surface area contributed by atoms with Crippen molar-refractivity contribution in [1.82, 2.24) is 0 Å². The Morgan fingerprint density at radius 3 is 2.20 bits per heavy atom. The van der Waals surface area contributed by atoms with E-state index in [0.29, 0.717) is 5.57 Å². The molecule has 0 aromatic carbocycles. The molecular weight excluding hydrogens is 196 g/mol. The summed E-state index contributed by atoms with van der Waals surface area (Å²) >= 11 is 0. The Labute approximate surface area is 86.9 Å². The fraction of sp³-hybridized carbons (Fsp3) is 0.0909. The number of hydrogen-bond donors (Lipinski definition) is 1. The van der Waals surface area contributed by atoms with Crippen molar-refractivity contribution >= 4 is 11.9 Å². The average Bonchev–Trinajstić information content (AvgIpc) is 2.16. The third-order valence-corrected chi connectivity index (χ3v) is 1.77. The van der Waals surface area contributed by atoms with E-state index in [9.17, 15) is 9.59 Å². The number of esters is 1. The van der Waals surface area contributed by atoms with E-state index in [1.54, 1.807) is 18.2 Å². The van der Waals surface area contributed by atoms with Gasteiger partial charge in [0.25, 0.3) is 0 Å². The van der Waals surface area contributed by atoms with Gasteiger partial charge in [0.15, 0.2) is 0 Å². The molecule has 1 aliphatic rings. The first-order valence-corrected chi connectivity index (χ1v) is 4.23. The number of rotatable bonds is 2. The summed E-state index contributed by atoms with van der Waals surface area (Å²) in [5.41, 5.74) is 0.418. The molecule has 15 heavy (non-hydrogen) atoms. The lowest BCUT2D eigenvalue weighted by Crippen LogP contribution is -2.04. The lowest BCUT2D eigenvalue weighted by atomic mass is 10.1. The Hall–Kier alpha value is -2.10. The predicted octanol–water partition coefficient (Wildman–Crippen LogP) is 1.22. The molecule has 78 valence electrons. The Morgan fingerprint density at radius 2 is 1.67 bits per heavy atom. The first-order valence-electron chi connectivity index (χ1n) is 4.23. The Morgan fingerprint density at radius 1 is 1.13 bits per heavy atom. The van der Waals surface area contributed by atoms with E-state index in [1.807, 2.05) is 0 Å². The van der Waals surface area contributed by atoms with E-state index < -0.39 is 11.9 Å². The SMILES string of the molecule is COC(=O)C1=CC=CC=C(C(=O)O)C=C1. The van der Waals surface area contributed by atoms with Crippen molar-refractivity contribution in [2.75, 3.05) is 7.11 Å². The van der Waals surface area contributed by atoms with Crippen LogP contribution in [0.5, 0.6) is 0 Å². The Balaban J connectivity index is 2.96. The number of carboxylic acid groups (broad SMARTS) is 1. The highest BCUT2D eigenvalue weighted by atomic mass is 16.5. The molecule has 1 N–H and O–H groups in total. The monoisotopic (exact) mass is 206 g/mol. The van der Waals surface area contributed by atoms with Crippen molar-refractivity contribution in [3.63, 3.8) is 0 Å². The zero-order valence-electron chi connectivity index (χ0n) is 8.14. The lowest BCUT2D eigenvalue weighted by Gasteiger charge is -2.00. The summed E-state index contributed by atoms with van der Waals surface area (Å²) in [7, 11) is 1.27. The van der Waals surface area contributed by atoms with Crippen molar-refractivity contribution in [2.24, 2.45) is 0 Å². The van der Waals surface area contributed by atoms with Crippen LogP contribution in [-0.2, 0) is 14.3 Å². The lowest BCUT2D eigenvalue weighted by molar-refractivity contribution is -0.136. The van der Waals surface area contributed by atoms with Crippen LogP contribution in [0.3, 0.4) is 0 Å². The van der Waals surface area contributed by atoms with Crippen molar-refractivity contribution in [2.45, 2.75) is 0 Å².